The van der Waals surface area contributed by atoms with Gasteiger partial charge >= 0.3 is 0 Å². The van der Waals surface area contributed by atoms with Crippen molar-refractivity contribution in [3.63, 3.8) is 0 Å². The number of aromatic nitrogens is 4. The highest BCUT2D eigenvalue weighted by atomic mass is 16.6. The van der Waals surface area contributed by atoms with Crippen LogP contribution in [0.4, 0.5) is 11.5 Å². The number of nitro groups is 1. The molecule has 0 saturated carbocycles. The van der Waals surface area contributed by atoms with Crippen LogP contribution in [0.15, 0.2) is 30.9 Å². The predicted molar refractivity (Wildman–Crippen MR) is 76.8 cm³/mol. The van der Waals surface area contributed by atoms with Crippen LogP contribution in [-0.2, 0) is 6.54 Å². The maximum Gasteiger partial charge on any atom is 0.272 e. The van der Waals surface area contributed by atoms with Gasteiger partial charge in [0.25, 0.3) is 5.69 Å². The molecule has 0 aliphatic carbocycles. The fourth-order valence-electron chi connectivity index (χ4n) is 2.14. The van der Waals surface area contributed by atoms with Crippen molar-refractivity contribution in [2.45, 2.75) is 13.5 Å². The third-order valence-electron chi connectivity index (χ3n) is 3.28. The minimum atomic E-state index is -0.378. The molecule has 106 valence electrons. The molecular weight excluding hydrogens is 272 g/mol. The SMILES string of the molecule is Cc1c(CNc2ncnc3nc[nH]c23)cccc1[N+](=O)[O-]. The molecule has 3 aromatic rings. The molecule has 0 amide bonds. The van der Waals surface area contributed by atoms with Crippen molar-refractivity contribution in [2.24, 2.45) is 0 Å². The standard InChI is InChI=1S/C13H12N6O2/c1-8-9(3-2-4-10(8)19(20)21)5-14-12-11-13(16-6-15-11)18-7-17-12/h2-4,6-7H,5H2,1H3,(H2,14,15,16,17,18). The number of nitrogens with one attached hydrogen (secondary N) is 2. The Balaban J connectivity index is 1.87. The van der Waals surface area contributed by atoms with E-state index in [1.54, 1.807) is 19.3 Å². The lowest BCUT2D eigenvalue weighted by Gasteiger charge is -2.08. The Morgan fingerprint density at radius 3 is 3.00 bits per heavy atom. The Labute approximate surface area is 119 Å². The third-order valence-corrected chi connectivity index (χ3v) is 3.28. The Kier molecular flexibility index (Phi) is 3.19. The van der Waals surface area contributed by atoms with Crippen molar-refractivity contribution in [2.75, 3.05) is 5.32 Å². The lowest BCUT2D eigenvalue weighted by atomic mass is 10.1. The fourth-order valence-corrected chi connectivity index (χ4v) is 2.14. The van der Waals surface area contributed by atoms with E-state index in [2.05, 4.69) is 25.3 Å². The molecule has 0 fully saturated rings. The van der Waals surface area contributed by atoms with Crippen LogP contribution in [0.5, 0.6) is 0 Å². The van der Waals surface area contributed by atoms with Crippen molar-refractivity contribution in [3.8, 4) is 0 Å². The molecule has 1 aromatic carbocycles. The van der Waals surface area contributed by atoms with Crippen molar-refractivity contribution in [1.82, 2.24) is 19.9 Å². The van der Waals surface area contributed by atoms with E-state index in [1.165, 1.54) is 12.4 Å². The van der Waals surface area contributed by atoms with Crippen molar-refractivity contribution < 1.29 is 4.92 Å². The van der Waals surface area contributed by atoms with Gasteiger partial charge in [-0.25, -0.2) is 15.0 Å². The number of hydrogen-bond acceptors (Lipinski definition) is 6. The Hall–Kier alpha value is -3.03. The highest BCUT2D eigenvalue weighted by molar-refractivity contribution is 5.81. The van der Waals surface area contributed by atoms with E-state index in [-0.39, 0.29) is 10.6 Å². The number of nitro benzene ring substituents is 1. The van der Waals surface area contributed by atoms with Crippen LogP contribution >= 0.6 is 0 Å². The van der Waals surface area contributed by atoms with Gasteiger partial charge in [0.2, 0.25) is 0 Å². The van der Waals surface area contributed by atoms with E-state index in [0.717, 1.165) is 5.56 Å². The lowest BCUT2D eigenvalue weighted by molar-refractivity contribution is -0.385. The molecule has 0 spiro atoms. The number of H-pyrrole nitrogens is 1. The first-order chi connectivity index (χ1) is 10.2. The number of nitrogens with zero attached hydrogens (tertiary/aromatic N) is 4. The molecule has 8 heteroatoms. The molecule has 2 heterocycles. The average Bonchev–Trinajstić information content (AvgIpc) is 2.95. The van der Waals surface area contributed by atoms with Crippen LogP contribution in [0.25, 0.3) is 11.2 Å². The van der Waals surface area contributed by atoms with E-state index >= 15 is 0 Å². The maximum atomic E-state index is 10.9. The molecule has 3 rings (SSSR count). The second-order valence-electron chi connectivity index (χ2n) is 4.50. The van der Waals surface area contributed by atoms with Crippen molar-refractivity contribution >= 4 is 22.7 Å². The largest absolute Gasteiger partial charge is 0.364 e. The zero-order valence-corrected chi connectivity index (χ0v) is 11.2. The summed E-state index contributed by atoms with van der Waals surface area (Å²) < 4.78 is 0. The predicted octanol–water partition coefficient (Wildman–Crippen LogP) is 2.18. The Morgan fingerprint density at radius 2 is 2.19 bits per heavy atom. The first-order valence-corrected chi connectivity index (χ1v) is 6.27. The smallest absolute Gasteiger partial charge is 0.272 e. The number of fused-ring (bicyclic) bond motifs is 1. The summed E-state index contributed by atoms with van der Waals surface area (Å²) in [5.74, 6) is 0.614. The number of hydrogen-bond donors (Lipinski definition) is 2. The van der Waals surface area contributed by atoms with Crippen LogP contribution in [0.3, 0.4) is 0 Å². The van der Waals surface area contributed by atoms with Gasteiger partial charge in [0, 0.05) is 18.2 Å². The topological polar surface area (TPSA) is 110 Å². The highest BCUT2D eigenvalue weighted by Crippen LogP contribution is 2.22. The van der Waals surface area contributed by atoms with Gasteiger partial charge in [-0.3, -0.25) is 10.1 Å². The van der Waals surface area contributed by atoms with Gasteiger partial charge in [-0.15, -0.1) is 0 Å². The number of imidazole rings is 1. The first kappa shape index (κ1) is 13.0. The number of anilines is 1. The minimum Gasteiger partial charge on any atom is -0.364 e. The third kappa shape index (κ3) is 2.38. The number of rotatable bonds is 4. The summed E-state index contributed by atoms with van der Waals surface area (Å²) in [4.78, 5) is 25.8. The Morgan fingerprint density at radius 1 is 1.33 bits per heavy atom. The van der Waals surface area contributed by atoms with Gasteiger partial charge in [-0.1, -0.05) is 12.1 Å². The summed E-state index contributed by atoms with van der Waals surface area (Å²) in [5, 5.41) is 14.1. The summed E-state index contributed by atoms with van der Waals surface area (Å²) in [5.41, 5.74) is 2.88. The van der Waals surface area contributed by atoms with E-state index < -0.39 is 0 Å². The molecule has 0 bridgehead atoms. The lowest BCUT2D eigenvalue weighted by Crippen LogP contribution is -2.05. The van der Waals surface area contributed by atoms with Crippen LogP contribution < -0.4 is 5.32 Å². The molecule has 0 atom stereocenters. The monoisotopic (exact) mass is 284 g/mol. The van der Waals surface area contributed by atoms with E-state index in [0.29, 0.717) is 29.1 Å². The van der Waals surface area contributed by atoms with Crippen LogP contribution in [0, 0.1) is 17.0 Å². The normalized spacial score (nSPS) is 10.7. The van der Waals surface area contributed by atoms with E-state index in [1.807, 2.05) is 6.07 Å². The van der Waals surface area contributed by atoms with Crippen LogP contribution in [-0.4, -0.2) is 24.9 Å². The fraction of sp³-hybridized carbons (Fsp3) is 0.154. The van der Waals surface area contributed by atoms with Gasteiger partial charge in [0.15, 0.2) is 11.5 Å². The molecule has 0 unspecified atom stereocenters. The van der Waals surface area contributed by atoms with Gasteiger partial charge in [-0.2, -0.15) is 0 Å². The summed E-state index contributed by atoms with van der Waals surface area (Å²) in [6.07, 6.45) is 2.97. The van der Waals surface area contributed by atoms with Crippen molar-refractivity contribution in [3.05, 3.63) is 52.1 Å². The molecule has 2 N–H and O–H groups in total. The maximum absolute atomic E-state index is 10.9. The second kappa shape index (κ2) is 5.16. The van der Waals surface area contributed by atoms with Gasteiger partial charge in [0.05, 0.1) is 11.3 Å². The van der Waals surface area contributed by atoms with E-state index in [4.69, 9.17) is 0 Å². The molecule has 21 heavy (non-hydrogen) atoms. The zero-order chi connectivity index (χ0) is 14.8. The minimum absolute atomic E-state index is 0.115. The van der Waals surface area contributed by atoms with Gasteiger partial charge in [0.1, 0.15) is 11.8 Å². The highest BCUT2D eigenvalue weighted by Gasteiger charge is 2.13. The summed E-state index contributed by atoms with van der Waals surface area (Å²) in [6, 6.07) is 5.02. The molecule has 8 nitrogen and oxygen atoms in total. The van der Waals surface area contributed by atoms with Crippen LogP contribution in [0.1, 0.15) is 11.1 Å². The molecule has 0 radical (unpaired) electrons. The molecule has 0 saturated heterocycles. The molecule has 0 aliphatic heterocycles. The Bertz CT molecular complexity index is 813. The summed E-state index contributed by atoms with van der Waals surface area (Å²) in [7, 11) is 0. The summed E-state index contributed by atoms with van der Waals surface area (Å²) >= 11 is 0. The van der Waals surface area contributed by atoms with Gasteiger partial charge < -0.3 is 10.3 Å². The average molecular weight is 284 g/mol. The van der Waals surface area contributed by atoms with E-state index in [9.17, 15) is 10.1 Å². The van der Waals surface area contributed by atoms with Crippen molar-refractivity contribution in [1.29, 1.82) is 0 Å². The first-order valence-electron chi connectivity index (χ1n) is 6.27. The number of benzene rings is 1. The van der Waals surface area contributed by atoms with Gasteiger partial charge in [-0.05, 0) is 12.5 Å². The second-order valence-corrected chi connectivity index (χ2v) is 4.50. The summed E-state index contributed by atoms with van der Waals surface area (Å²) in [6.45, 7) is 2.17. The zero-order valence-electron chi connectivity index (χ0n) is 11.2. The molecule has 2 aromatic heterocycles. The number of aromatic amines is 1. The quantitative estimate of drug-likeness (QED) is 0.561. The molecular formula is C13H12N6O2. The van der Waals surface area contributed by atoms with Crippen LogP contribution in [0.2, 0.25) is 0 Å². The molecule has 0 aliphatic rings.